The van der Waals surface area contributed by atoms with Gasteiger partial charge in [0, 0.05) is 24.7 Å². The van der Waals surface area contributed by atoms with Crippen LogP contribution in [0.1, 0.15) is 34.8 Å². The molecule has 104 valence electrons. The SMILES string of the molecule is CCC(=O)c1ccccc1N(C)c1ccc(C)cc1C. The Bertz CT molecular complexity index is 631. The number of hydrogen-bond acceptors (Lipinski definition) is 2. The molecule has 0 fully saturated rings. The molecule has 0 aromatic heterocycles. The van der Waals surface area contributed by atoms with Crippen molar-refractivity contribution in [2.45, 2.75) is 27.2 Å². The number of carbonyl (C=O) groups excluding carboxylic acids is 1. The highest BCUT2D eigenvalue weighted by molar-refractivity contribution is 6.02. The summed E-state index contributed by atoms with van der Waals surface area (Å²) in [4.78, 5) is 14.2. The predicted octanol–water partition coefficient (Wildman–Crippen LogP) is 4.66. The van der Waals surface area contributed by atoms with Crippen LogP contribution in [0.4, 0.5) is 11.4 Å². The number of nitrogens with zero attached hydrogens (tertiary/aromatic N) is 1. The van der Waals surface area contributed by atoms with Gasteiger partial charge in [0.25, 0.3) is 0 Å². The van der Waals surface area contributed by atoms with E-state index < -0.39 is 0 Å². The Kier molecular flexibility index (Phi) is 4.23. The highest BCUT2D eigenvalue weighted by Gasteiger charge is 2.14. The van der Waals surface area contributed by atoms with Gasteiger partial charge in [-0.05, 0) is 37.6 Å². The van der Waals surface area contributed by atoms with Crippen molar-refractivity contribution in [3.8, 4) is 0 Å². The molecule has 0 aliphatic heterocycles. The fourth-order valence-corrected chi connectivity index (χ4v) is 2.50. The number of carbonyl (C=O) groups is 1. The van der Waals surface area contributed by atoms with E-state index in [-0.39, 0.29) is 5.78 Å². The summed E-state index contributed by atoms with van der Waals surface area (Å²) < 4.78 is 0. The first-order chi connectivity index (χ1) is 9.54. The Morgan fingerprint density at radius 2 is 1.75 bits per heavy atom. The minimum absolute atomic E-state index is 0.178. The Labute approximate surface area is 121 Å². The van der Waals surface area contributed by atoms with E-state index in [0.717, 1.165) is 16.9 Å². The summed E-state index contributed by atoms with van der Waals surface area (Å²) in [5.41, 5.74) is 5.35. The zero-order valence-electron chi connectivity index (χ0n) is 12.6. The molecule has 2 nitrogen and oxygen atoms in total. The van der Waals surface area contributed by atoms with Crippen LogP contribution in [0, 0.1) is 13.8 Å². The fraction of sp³-hybridized carbons (Fsp3) is 0.278. The van der Waals surface area contributed by atoms with Gasteiger partial charge in [0.2, 0.25) is 0 Å². The standard InChI is InChI=1S/C18H21NO/c1-5-18(20)15-8-6-7-9-17(15)19(4)16-11-10-13(2)12-14(16)3/h6-12H,5H2,1-4H3. The van der Waals surface area contributed by atoms with E-state index in [1.807, 2.05) is 38.2 Å². The lowest BCUT2D eigenvalue weighted by atomic mass is 10.0. The molecule has 20 heavy (non-hydrogen) atoms. The minimum atomic E-state index is 0.178. The largest absolute Gasteiger partial charge is 0.344 e. The smallest absolute Gasteiger partial charge is 0.164 e. The van der Waals surface area contributed by atoms with Crippen molar-refractivity contribution in [3.63, 3.8) is 0 Å². The van der Waals surface area contributed by atoms with Crippen molar-refractivity contribution in [1.82, 2.24) is 0 Å². The Hall–Kier alpha value is -2.09. The zero-order chi connectivity index (χ0) is 14.7. The molecular formula is C18H21NO. The molecule has 0 radical (unpaired) electrons. The lowest BCUT2D eigenvalue weighted by Crippen LogP contribution is -2.15. The number of rotatable bonds is 4. The van der Waals surface area contributed by atoms with E-state index in [1.165, 1.54) is 11.1 Å². The van der Waals surface area contributed by atoms with Gasteiger partial charge in [0.15, 0.2) is 5.78 Å². The number of Topliss-reactive ketones (excluding diaryl/α,β-unsaturated/α-hetero) is 1. The highest BCUT2D eigenvalue weighted by atomic mass is 16.1. The van der Waals surface area contributed by atoms with Crippen LogP contribution in [-0.4, -0.2) is 12.8 Å². The molecular weight excluding hydrogens is 246 g/mol. The lowest BCUT2D eigenvalue weighted by molar-refractivity contribution is 0.0988. The molecule has 0 saturated carbocycles. The molecule has 0 spiro atoms. The van der Waals surface area contributed by atoms with Crippen LogP contribution >= 0.6 is 0 Å². The van der Waals surface area contributed by atoms with Gasteiger partial charge in [-0.1, -0.05) is 36.8 Å². The van der Waals surface area contributed by atoms with Crippen LogP contribution in [0.15, 0.2) is 42.5 Å². The summed E-state index contributed by atoms with van der Waals surface area (Å²) in [6.45, 7) is 6.09. The van der Waals surface area contributed by atoms with Crippen molar-refractivity contribution in [1.29, 1.82) is 0 Å². The molecule has 0 aliphatic rings. The first-order valence-electron chi connectivity index (χ1n) is 6.97. The van der Waals surface area contributed by atoms with E-state index in [0.29, 0.717) is 6.42 Å². The van der Waals surface area contributed by atoms with E-state index >= 15 is 0 Å². The quantitative estimate of drug-likeness (QED) is 0.751. The van der Waals surface area contributed by atoms with Crippen LogP contribution in [-0.2, 0) is 0 Å². The van der Waals surface area contributed by atoms with Gasteiger partial charge in [-0.25, -0.2) is 0 Å². The van der Waals surface area contributed by atoms with Crippen LogP contribution in [0.25, 0.3) is 0 Å². The maximum absolute atomic E-state index is 12.1. The van der Waals surface area contributed by atoms with Crippen molar-refractivity contribution < 1.29 is 4.79 Å². The summed E-state index contributed by atoms with van der Waals surface area (Å²) >= 11 is 0. The number of aryl methyl sites for hydroxylation is 2. The summed E-state index contributed by atoms with van der Waals surface area (Å²) in [6, 6.07) is 14.2. The normalized spacial score (nSPS) is 10.4. The maximum Gasteiger partial charge on any atom is 0.164 e. The Morgan fingerprint density at radius 1 is 1.05 bits per heavy atom. The minimum Gasteiger partial charge on any atom is -0.344 e. The van der Waals surface area contributed by atoms with Gasteiger partial charge >= 0.3 is 0 Å². The third-order valence-corrected chi connectivity index (χ3v) is 3.60. The second kappa shape index (κ2) is 5.91. The van der Waals surface area contributed by atoms with Gasteiger partial charge in [0.1, 0.15) is 0 Å². The van der Waals surface area contributed by atoms with Gasteiger partial charge in [-0.3, -0.25) is 4.79 Å². The molecule has 2 aromatic rings. The number of ketones is 1. The molecule has 0 N–H and O–H groups in total. The summed E-state index contributed by atoms with van der Waals surface area (Å²) in [6.07, 6.45) is 0.526. The number of hydrogen-bond donors (Lipinski definition) is 0. The van der Waals surface area contributed by atoms with Gasteiger partial charge in [0.05, 0.1) is 5.69 Å². The topological polar surface area (TPSA) is 20.3 Å². The van der Waals surface area contributed by atoms with Crippen molar-refractivity contribution in [2.24, 2.45) is 0 Å². The van der Waals surface area contributed by atoms with E-state index in [2.05, 4.69) is 36.9 Å². The second-order valence-electron chi connectivity index (χ2n) is 5.14. The summed E-state index contributed by atoms with van der Waals surface area (Å²) in [7, 11) is 2.01. The maximum atomic E-state index is 12.1. The summed E-state index contributed by atoms with van der Waals surface area (Å²) in [5.74, 6) is 0.178. The number of para-hydroxylation sites is 1. The lowest BCUT2D eigenvalue weighted by Gasteiger charge is -2.24. The number of benzene rings is 2. The Morgan fingerprint density at radius 3 is 2.40 bits per heavy atom. The average molecular weight is 267 g/mol. The molecule has 2 heteroatoms. The third-order valence-electron chi connectivity index (χ3n) is 3.60. The van der Waals surface area contributed by atoms with E-state index in [1.54, 1.807) is 0 Å². The molecule has 0 saturated heterocycles. The first kappa shape index (κ1) is 14.3. The first-order valence-corrected chi connectivity index (χ1v) is 6.97. The molecule has 2 rings (SSSR count). The van der Waals surface area contributed by atoms with Gasteiger partial charge < -0.3 is 4.90 Å². The second-order valence-corrected chi connectivity index (χ2v) is 5.14. The van der Waals surface area contributed by atoms with Gasteiger partial charge in [-0.15, -0.1) is 0 Å². The van der Waals surface area contributed by atoms with Crippen molar-refractivity contribution >= 4 is 17.2 Å². The molecule has 0 atom stereocenters. The van der Waals surface area contributed by atoms with Crippen molar-refractivity contribution in [2.75, 3.05) is 11.9 Å². The van der Waals surface area contributed by atoms with Crippen LogP contribution in [0.2, 0.25) is 0 Å². The molecule has 2 aromatic carbocycles. The fourth-order valence-electron chi connectivity index (χ4n) is 2.50. The molecule has 0 heterocycles. The third kappa shape index (κ3) is 2.74. The average Bonchev–Trinajstić information content (AvgIpc) is 2.46. The number of anilines is 2. The molecule has 0 bridgehead atoms. The van der Waals surface area contributed by atoms with Crippen LogP contribution in [0.3, 0.4) is 0 Å². The molecule has 0 unspecified atom stereocenters. The highest BCUT2D eigenvalue weighted by Crippen LogP contribution is 2.30. The van der Waals surface area contributed by atoms with E-state index in [9.17, 15) is 4.79 Å². The molecule has 0 amide bonds. The molecule has 0 aliphatic carbocycles. The monoisotopic (exact) mass is 267 g/mol. The Balaban J connectivity index is 2.48. The zero-order valence-corrected chi connectivity index (χ0v) is 12.6. The van der Waals surface area contributed by atoms with Gasteiger partial charge in [-0.2, -0.15) is 0 Å². The van der Waals surface area contributed by atoms with Crippen molar-refractivity contribution in [3.05, 3.63) is 59.2 Å². The van der Waals surface area contributed by atoms with Crippen LogP contribution in [0.5, 0.6) is 0 Å². The summed E-state index contributed by atoms with van der Waals surface area (Å²) in [5, 5.41) is 0. The predicted molar refractivity (Wildman–Crippen MR) is 85.0 cm³/mol. The van der Waals surface area contributed by atoms with Crippen LogP contribution < -0.4 is 4.90 Å². The van der Waals surface area contributed by atoms with E-state index in [4.69, 9.17) is 0 Å².